The van der Waals surface area contributed by atoms with Crippen molar-refractivity contribution in [2.24, 2.45) is 7.05 Å². The highest BCUT2D eigenvalue weighted by molar-refractivity contribution is 5.31. The summed E-state index contributed by atoms with van der Waals surface area (Å²) in [5.74, 6) is 1.84. The minimum Gasteiger partial charge on any atom is -0.349 e. The monoisotopic (exact) mass is 180 g/mol. The van der Waals surface area contributed by atoms with Crippen molar-refractivity contribution in [1.29, 1.82) is 0 Å². The van der Waals surface area contributed by atoms with Gasteiger partial charge in [-0.2, -0.15) is 0 Å². The number of rotatable bonds is 2. The summed E-state index contributed by atoms with van der Waals surface area (Å²) in [5.41, 5.74) is 0.257. The number of aryl methyl sites for hydroxylation is 1. The first-order chi connectivity index (χ1) is 6.11. The predicted molar refractivity (Wildman–Crippen MR) is 51.6 cm³/mol. The lowest BCUT2D eigenvalue weighted by atomic mass is 9.79. The van der Waals surface area contributed by atoms with Crippen molar-refractivity contribution in [2.45, 2.75) is 38.6 Å². The molecule has 1 aliphatic carbocycles. The van der Waals surface area contributed by atoms with Crippen molar-refractivity contribution in [1.82, 2.24) is 14.8 Å². The molecule has 1 aliphatic rings. The van der Waals surface area contributed by atoms with Crippen molar-refractivity contribution >= 4 is 5.95 Å². The lowest BCUT2D eigenvalue weighted by Gasteiger charge is -2.39. The van der Waals surface area contributed by atoms with Crippen LogP contribution in [-0.4, -0.2) is 20.3 Å². The molecular formula is C9H16N4. The van der Waals surface area contributed by atoms with Gasteiger partial charge in [-0.3, -0.25) is 0 Å². The third-order valence-corrected chi connectivity index (χ3v) is 2.96. The van der Waals surface area contributed by atoms with Gasteiger partial charge in [0.25, 0.3) is 0 Å². The number of aromatic nitrogens is 3. The summed E-state index contributed by atoms with van der Waals surface area (Å²) in [6, 6.07) is 0. The highest BCUT2D eigenvalue weighted by Gasteiger charge is 2.32. The van der Waals surface area contributed by atoms with Crippen molar-refractivity contribution < 1.29 is 0 Å². The number of hydrogen-bond donors (Lipinski definition) is 1. The zero-order valence-corrected chi connectivity index (χ0v) is 8.46. The predicted octanol–water partition coefficient (Wildman–Crippen LogP) is 1.48. The Hall–Kier alpha value is -1.06. The molecule has 4 heteroatoms. The summed E-state index contributed by atoms with van der Waals surface area (Å²) < 4.78 is 1.99. The molecule has 4 nitrogen and oxygen atoms in total. The summed E-state index contributed by atoms with van der Waals surface area (Å²) in [7, 11) is 1.99. The fraction of sp³-hybridized carbons (Fsp3) is 0.778. The molecule has 72 valence electrons. The Kier molecular flexibility index (Phi) is 1.78. The van der Waals surface area contributed by atoms with Gasteiger partial charge in [0.05, 0.1) is 0 Å². The second-order valence-corrected chi connectivity index (χ2v) is 4.17. The summed E-state index contributed by atoms with van der Waals surface area (Å²) in [4.78, 5) is 0. The average Bonchev–Trinajstić information content (AvgIpc) is 2.33. The van der Waals surface area contributed by atoms with Crippen molar-refractivity contribution in [3.05, 3.63) is 5.82 Å². The Labute approximate surface area is 78.4 Å². The van der Waals surface area contributed by atoms with Gasteiger partial charge in [0.1, 0.15) is 5.82 Å². The summed E-state index contributed by atoms with van der Waals surface area (Å²) >= 11 is 0. The standard InChI is InChI=1S/C9H16N4/c1-7-11-12-8(13(7)3)10-9(2)5-4-6-9/h4-6H2,1-3H3,(H,10,12). The van der Waals surface area contributed by atoms with E-state index < -0.39 is 0 Å². The number of nitrogens with one attached hydrogen (secondary N) is 1. The first-order valence-corrected chi connectivity index (χ1v) is 4.75. The Bertz CT molecular complexity index is 311. The number of nitrogens with zero attached hydrogens (tertiary/aromatic N) is 3. The van der Waals surface area contributed by atoms with Crippen LogP contribution < -0.4 is 5.32 Å². The van der Waals surface area contributed by atoms with Crippen LogP contribution >= 0.6 is 0 Å². The Morgan fingerprint density at radius 2 is 2.08 bits per heavy atom. The van der Waals surface area contributed by atoms with E-state index in [2.05, 4.69) is 22.4 Å². The van der Waals surface area contributed by atoms with Crippen LogP contribution in [0.2, 0.25) is 0 Å². The highest BCUT2D eigenvalue weighted by Crippen LogP contribution is 2.33. The fourth-order valence-corrected chi connectivity index (χ4v) is 1.62. The van der Waals surface area contributed by atoms with E-state index in [9.17, 15) is 0 Å². The first-order valence-electron chi connectivity index (χ1n) is 4.75. The molecule has 0 unspecified atom stereocenters. The van der Waals surface area contributed by atoms with Crippen LogP contribution in [0.25, 0.3) is 0 Å². The molecular weight excluding hydrogens is 164 g/mol. The van der Waals surface area contributed by atoms with Crippen molar-refractivity contribution in [3.63, 3.8) is 0 Å². The van der Waals surface area contributed by atoms with Crippen LogP contribution in [0.15, 0.2) is 0 Å². The van der Waals surface area contributed by atoms with E-state index in [1.165, 1.54) is 19.3 Å². The van der Waals surface area contributed by atoms with Gasteiger partial charge in [0.15, 0.2) is 0 Å². The summed E-state index contributed by atoms with van der Waals surface area (Å²) in [6.07, 6.45) is 3.79. The maximum atomic E-state index is 4.08. The smallest absolute Gasteiger partial charge is 0.224 e. The third-order valence-electron chi connectivity index (χ3n) is 2.96. The zero-order valence-electron chi connectivity index (χ0n) is 8.46. The van der Waals surface area contributed by atoms with E-state index in [1.807, 2.05) is 18.5 Å². The lowest BCUT2D eigenvalue weighted by Crippen LogP contribution is -2.42. The van der Waals surface area contributed by atoms with Crippen molar-refractivity contribution in [3.8, 4) is 0 Å². The van der Waals surface area contributed by atoms with E-state index in [4.69, 9.17) is 0 Å². The molecule has 0 amide bonds. The molecule has 1 saturated carbocycles. The average molecular weight is 180 g/mol. The van der Waals surface area contributed by atoms with Crippen molar-refractivity contribution in [2.75, 3.05) is 5.32 Å². The molecule has 1 N–H and O–H groups in total. The minimum atomic E-state index is 0.257. The highest BCUT2D eigenvalue weighted by atomic mass is 15.4. The Balaban J connectivity index is 2.13. The largest absolute Gasteiger partial charge is 0.349 e. The molecule has 0 atom stereocenters. The minimum absolute atomic E-state index is 0.257. The van der Waals surface area contributed by atoms with Gasteiger partial charge in [-0.15, -0.1) is 10.2 Å². The van der Waals surface area contributed by atoms with Gasteiger partial charge in [-0.05, 0) is 33.1 Å². The maximum absolute atomic E-state index is 4.08. The zero-order chi connectivity index (χ0) is 9.47. The molecule has 2 rings (SSSR count). The van der Waals surface area contributed by atoms with Crippen LogP contribution in [0.3, 0.4) is 0 Å². The third kappa shape index (κ3) is 1.41. The first kappa shape index (κ1) is 8.53. The fourth-order valence-electron chi connectivity index (χ4n) is 1.62. The van der Waals surface area contributed by atoms with Gasteiger partial charge >= 0.3 is 0 Å². The molecule has 1 aromatic heterocycles. The Morgan fingerprint density at radius 1 is 1.38 bits per heavy atom. The van der Waals surface area contributed by atoms with E-state index >= 15 is 0 Å². The molecule has 1 fully saturated rings. The van der Waals surface area contributed by atoms with E-state index in [-0.39, 0.29) is 5.54 Å². The van der Waals surface area contributed by atoms with Crippen LogP contribution in [0.5, 0.6) is 0 Å². The van der Waals surface area contributed by atoms with E-state index in [1.54, 1.807) is 0 Å². The van der Waals surface area contributed by atoms with Crippen LogP contribution in [0.1, 0.15) is 32.0 Å². The Morgan fingerprint density at radius 3 is 2.46 bits per heavy atom. The topological polar surface area (TPSA) is 42.7 Å². The van der Waals surface area contributed by atoms with Gasteiger partial charge in [0.2, 0.25) is 5.95 Å². The van der Waals surface area contributed by atoms with E-state index in [0.29, 0.717) is 0 Å². The molecule has 0 saturated heterocycles. The number of anilines is 1. The lowest BCUT2D eigenvalue weighted by molar-refractivity contribution is 0.304. The second kappa shape index (κ2) is 2.72. The van der Waals surface area contributed by atoms with Gasteiger partial charge in [-0.25, -0.2) is 0 Å². The summed E-state index contributed by atoms with van der Waals surface area (Å²) in [5, 5.41) is 11.5. The molecule has 13 heavy (non-hydrogen) atoms. The summed E-state index contributed by atoms with van der Waals surface area (Å²) in [6.45, 7) is 4.20. The quantitative estimate of drug-likeness (QED) is 0.749. The molecule has 0 aromatic carbocycles. The van der Waals surface area contributed by atoms with Gasteiger partial charge in [-0.1, -0.05) is 0 Å². The number of hydrogen-bond acceptors (Lipinski definition) is 3. The van der Waals surface area contributed by atoms with Gasteiger partial charge < -0.3 is 9.88 Å². The molecule has 0 aliphatic heterocycles. The van der Waals surface area contributed by atoms with Crippen LogP contribution in [0.4, 0.5) is 5.95 Å². The molecule has 0 radical (unpaired) electrons. The van der Waals surface area contributed by atoms with E-state index in [0.717, 1.165) is 11.8 Å². The molecule has 1 heterocycles. The molecule has 0 bridgehead atoms. The molecule has 0 spiro atoms. The normalized spacial score (nSPS) is 19.6. The molecule has 1 aromatic rings. The van der Waals surface area contributed by atoms with Crippen LogP contribution in [0, 0.1) is 6.92 Å². The van der Waals surface area contributed by atoms with Crippen LogP contribution in [-0.2, 0) is 7.05 Å². The SMILES string of the molecule is Cc1nnc(NC2(C)CCC2)n1C. The second-order valence-electron chi connectivity index (χ2n) is 4.17. The maximum Gasteiger partial charge on any atom is 0.224 e. The van der Waals surface area contributed by atoms with Gasteiger partial charge in [0, 0.05) is 12.6 Å².